The maximum Gasteiger partial charge on any atom is 0.0244 e. The van der Waals surface area contributed by atoms with Gasteiger partial charge in [0.05, 0.1) is 0 Å². The molecule has 114 valence electrons. The number of nitrogens with zero attached hydrogens (tertiary/aromatic N) is 2. The van der Waals surface area contributed by atoms with E-state index in [0.717, 1.165) is 18.5 Å². The van der Waals surface area contributed by atoms with E-state index in [1.807, 2.05) is 0 Å². The third-order valence-electron chi connectivity index (χ3n) is 4.50. The van der Waals surface area contributed by atoms with E-state index in [1.165, 1.54) is 32.6 Å². The predicted molar refractivity (Wildman–Crippen MR) is 84.7 cm³/mol. The Kier molecular flexibility index (Phi) is 7.33. The first-order chi connectivity index (χ1) is 8.99. The lowest BCUT2D eigenvalue weighted by molar-refractivity contribution is 0.157. The topological polar surface area (TPSA) is 18.5 Å². The Morgan fingerprint density at radius 2 is 1.79 bits per heavy atom. The van der Waals surface area contributed by atoms with Crippen molar-refractivity contribution < 1.29 is 0 Å². The molecule has 0 aliphatic carbocycles. The van der Waals surface area contributed by atoms with Crippen LogP contribution in [0.25, 0.3) is 0 Å². The van der Waals surface area contributed by atoms with Crippen LogP contribution in [0.4, 0.5) is 0 Å². The molecule has 1 N–H and O–H groups in total. The van der Waals surface area contributed by atoms with Crippen molar-refractivity contribution in [3.05, 3.63) is 0 Å². The van der Waals surface area contributed by atoms with Crippen molar-refractivity contribution in [2.75, 3.05) is 32.7 Å². The molecule has 0 spiro atoms. The molecular weight excluding hydrogens is 234 g/mol. The summed E-state index contributed by atoms with van der Waals surface area (Å²) < 4.78 is 0. The Balaban J connectivity index is 2.53. The van der Waals surface area contributed by atoms with Crippen molar-refractivity contribution in [2.24, 2.45) is 5.92 Å². The van der Waals surface area contributed by atoms with Crippen LogP contribution >= 0.6 is 0 Å². The summed E-state index contributed by atoms with van der Waals surface area (Å²) in [6.07, 6.45) is 1.34. The molecule has 2 unspecified atom stereocenters. The van der Waals surface area contributed by atoms with Gasteiger partial charge in [0, 0.05) is 37.8 Å². The zero-order valence-electron chi connectivity index (χ0n) is 13.9. The van der Waals surface area contributed by atoms with Crippen LogP contribution in [-0.4, -0.2) is 60.6 Å². The van der Waals surface area contributed by atoms with E-state index in [2.05, 4.69) is 56.7 Å². The maximum atomic E-state index is 3.62. The second kappa shape index (κ2) is 8.23. The quantitative estimate of drug-likeness (QED) is 0.730. The van der Waals surface area contributed by atoms with Crippen molar-refractivity contribution in [2.45, 2.75) is 66.1 Å². The fourth-order valence-electron chi connectivity index (χ4n) is 3.25. The molecule has 1 aliphatic rings. The number of likely N-dealkylation sites (N-methyl/N-ethyl adjacent to an activating group) is 1. The van der Waals surface area contributed by atoms with Gasteiger partial charge in [0.2, 0.25) is 0 Å². The van der Waals surface area contributed by atoms with Crippen molar-refractivity contribution in [3.63, 3.8) is 0 Å². The lowest BCUT2D eigenvalue weighted by Crippen LogP contribution is -2.47. The van der Waals surface area contributed by atoms with Gasteiger partial charge in [-0.25, -0.2) is 0 Å². The predicted octanol–water partition coefficient (Wildman–Crippen LogP) is 2.43. The molecule has 1 fully saturated rings. The van der Waals surface area contributed by atoms with Gasteiger partial charge >= 0.3 is 0 Å². The van der Waals surface area contributed by atoms with E-state index in [1.54, 1.807) is 0 Å². The van der Waals surface area contributed by atoms with Gasteiger partial charge < -0.3 is 5.32 Å². The van der Waals surface area contributed by atoms with Crippen LogP contribution in [0.5, 0.6) is 0 Å². The molecule has 0 radical (unpaired) electrons. The van der Waals surface area contributed by atoms with Gasteiger partial charge in [-0.05, 0) is 25.4 Å². The smallest absolute Gasteiger partial charge is 0.0244 e. The fourth-order valence-corrected chi connectivity index (χ4v) is 3.25. The number of likely N-dealkylation sites (tertiary alicyclic amines) is 1. The van der Waals surface area contributed by atoms with Gasteiger partial charge in [-0.1, -0.05) is 41.5 Å². The molecule has 0 bridgehead atoms. The zero-order chi connectivity index (χ0) is 14.4. The molecule has 0 aromatic heterocycles. The highest BCUT2D eigenvalue weighted by molar-refractivity contribution is 4.88. The Morgan fingerprint density at radius 1 is 1.16 bits per heavy atom. The monoisotopic (exact) mass is 269 g/mol. The Hall–Kier alpha value is -0.120. The van der Waals surface area contributed by atoms with Crippen molar-refractivity contribution in [3.8, 4) is 0 Å². The summed E-state index contributed by atoms with van der Waals surface area (Å²) in [4.78, 5) is 5.33. The third kappa shape index (κ3) is 5.05. The number of nitrogens with one attached hydrogen (secondary N) is 1. The van der Waals surface area contributed by atoms with E-state index >= 15 is 0 Å². The Bertz CT molecular complexity index is 236. The molecule has 0 aromatic rings. The van der Waals surface area contributed by atoms with Crippen LogP contribution in [0.15, 0.2) is 0 Å². The number of rotatable bonds is 8. The minimum absolute atomic E-state index is 0.586. The van der Waals surface area contributed by atoms with Crippen LogP contribution in [-0.2, 0) is 0 Å². The van der Waals surface area contributed by atoms with Gasteiger partial charge in [-0.15, -0.1) is 0 Å². The van der Waals surface area contributed by atoms with E-state index in [9.17, 15) is 0 Å². The second-order valence-electron chi connectivity index (χ2n) is 6.53. The largest absolute Gasteiger partial charge is 0.313 e. The van der Waals surface area contributed by atoms with Gasteiger partial charge in [-0.3, -0.25) is 9.80 Å². The minimum Gasteiger partial charge on any atom is -0.313 e. The fraction of sp³-hybridized carbons (Fsp3) is 1.00. The standard InChI is InChI=1S/C16H35N3/c1-7-18(8-2)15-9-10-19(12-15)16(13(3)4)11-17-14(5)6/h13-17H,7-12H2,1-6H3. The van der Waals surface area contributed by atoms with E-state index < -0.39 is 0 Å². The summed E-state index contributed by atoms with van der Waals surface area (Å²) in [6, 6.07) is 2.04. The van der Waals surface area contributed by atoms with Crippen LogP contribution in [0.3, 0.4) is 0 Å². The first kappa shape index (κ1) is 16.9. The summed E-state index contributed by atoms with van der Waals surface area (Å²) in [5.41, 5.74) is 0. The lowest BCUT2D eigenvalue weighted by atomic mass is 10.0. The summed E-state index contributed by atoms with van der Waals surface area (Å²) in [5, 5.41) is 3.62. The van der Waals surface area contributed by atoms with E-state index in [0.29, 0.717) is 12.1 Å². The third-order valence-corrected chi connectivity index (χ3v) is 4.50. The summed E-state index contributed by atoms with van der Waals surface area (Å²) in [5.74, 6) is 0.724. The maximum absolute atomic E-state index is 3.62. The molecule has 1 heterocycles. The van der Waals surface area contributed by atoms with Crippen molar-refractivity contribution >= 4 is 0 Å². The summed E-state index contributed by atoms with van der Waals surface area (Å²) in [7, 11) is 0. The normalized spacial score (nSPS) is 22.9. The van der Waals surface area contributed by atoms with Crippen LogP contribution in [0, 0.1) is 5.92 Å². The molecule has 1 rings (SSSR count). The number of hydrogen-bond acceptors (Lipinski definition) is 3. The SMILES string of the molecule is CCN(CC)C1CCN(C(CNC(C)C)C(C)C)C1. The minimum atomic E-state index is 0.586. The molecule has 0 amide bonds. The molecule has 3 heteroatoms. The van der Waals surface area contributed by atoms with Gasteiger partial charge in [0.25, 0.3) is 0 Å². The van der Waals surface area contributed by atoms with Gasteiger partial charge in [0.1, 0.15) is 0 Å². The average molecular weight is 269 g/mol. The molecule has 1 aliphatic heterocycles. The highest BCUT2D eigenvalue weighted by Gasteiger charge is 2.31. The van der Waals surface area contributed by atoms with Crippen LogP contribution < -0.4 is 5.32 Å². The lowest BCUT2D eigenvalue weighted by Gasteiger charge is -2.33. The summed E-state index contributed by atoms with van der Waals surface area (Å²) in [6.45, 7) is 19.8. The van der Waals surface area contributed by atoms with E-state index in [-0.39, 0.29) is 0 Å². The summed E-state index contributed by atoms with van der Waals surface area (Å²) >= 11 is 0. The highest BCUT2D eigenvalue weighted by atomic mass is 15.3. The van der Waals surface area contributed by atoms with Gasteiger partial charge in [0.15, 0.2) is 0 Å². The first-order valence-corrected chi connectivity index (χ1v) is 8.21. The van der Waals surface area contributed by atoms with Gasteiger partial charge in [-0.2, -0.15) is 0 Å². The average Bonchev–Trinajstić information content (AvgIpc) is 2.79. The Morgan fingerprint density at radius 3 is 2.26 bits per heavy atom. The Labute approximate surface area is 120 Å². The number of hydrogen-bond donors (Lipinski definition) is 1. The van der Waals surface area contributed by atoms with Crippen molar-refractivity contribution in [1.29, 1.82) is 0 Å². The molecule has 2 atom stereocenters. The van der Waals surface area contributed by atoms with Crippen LogP contribution in [0.1, 0.15) is 48.0 Å². The molecule has 3 nitrogen and oxygen atoms in total. The first-order valence-electron chi connectivity index (χ1n) is 8.21. The molecule has 1 saturated heterocycles. The molecule has 0 saturated carbocycles. The molecule has 19 heavy (non-hydrogen) atoms. The molecular formula is C16H35N3. The molecule has 0 aromatic carbocycles. The second-order valence-corrected chi connectivity index (χ2v) is 6.53. The highest BCUT2D eigenvalue weighted by Crippen LogP contribution is 2.21. The van der Waals surface area contributed by atoms with Crippen molar-refractivity contribution in [1.82, 2.24) is 15.1 Å². The zero-order valence-corrected chi connectivity index (χ0v) is 13.9. The van der Waals surface area contributed by atoms with Crippen LogP contribution in [0.2, 0.25) is 0 Å². The van der Waals surface area contributed by atoms with E-state index in [4.69, 9.17) is 0 Å².